The zero-order valence-corrected chi connectivity index (χ0v) is 24.9. The minimum Gasteiger partial charge on any atom is -0.478 e. The van der Waals surface area contributed by atoms with Gasteiger partial charge in [-0.25, -0.2) is 4.79 Å². The predicted octanol–water partition coefficient (Wildman–Crippen LogP) is 6.76. The average Bonchev–Trinajstić information content (AvgIpc) is 3.03. The lowest BCUT2D eigenvalue weighted by molar-refractivity contribution is -0.268. The molecule has 1 amide bonds. The van der Waals surface area contributed by atoms with Crippen molar-refractivity contribution in [1.29, 1.82) is 0 Å². The summed E-state index contributed by atoms with van der Waals surface area (Å²) < 4.78 is 13.2. The third kappa shape index (κ3) is 7.53. The first kappa shape index (κ1) is 30.5. The zero-order chi connectivity index (χ0) is 30.3. The summed E-state index contributed by atoms with van der Waals surface area (Å²) in [7, 11) is 0. The Bertz CT molecular complexity index is 1570. The van der Waals surface area contributed by atoms with E-state index in [1.807, 2.05) is 72.8 Å². The van der Waals surface area contributed by atoms with Crippen LogP contribution in [0.4, 0.5) is 0 Å². The van der Waals surface area contributed by atoms with E-state index in [1.54, 1.807) is 12.1 Å². The molecule has 1 aliphatic heterocycles. The van der Waals surface area contributed by atoms with Gasteiger partial charge >= 0.3 is 5.97 Å². The van der Waals surface area contributed by atoms with E-state index in [0.717, 1.165) is 33.4 Å². The van der Waals surface area contributed by atoms with Crippen molar-refractivity contribution >= 4 is 23.6 Å². The largest absolute Gasteiger partial charge is 0.478 e. The van der Waals surface area contributed by atoms with Crippen molar-refractivity contribution in [3.8, 4) is 11.1 Å². The number of benzene rings is 4. The highest BCUT2D eigenvalue weighted by molar-refractivity contribution is 7.99. The maximum Gasteiger partial charge on any atom is 0.336 e. The number of hydrogen-bond donors (Lipinski definition) is 3. The van der Waals surface area contributed by atoms with Crippen LogP contribution in [0.5, 0.6) is 0 Å². The second kappa shape index (κ2) is 14.0. The van der Waals surface area contributed by atoms with Crippen molar-refractivity contribution in [2.45, 2.75) is 50.4 Å². The number of rotatable bonds is 10. The van der Waals surface area contributed by atoms with E-state index in [0.29, 0.717) is 17.2 Å². The number of aliphatic hydroxyl groups excluding tert-OH is 1. The van der Waals surface area contributed by atoms with Crippen LogP contribution in [0, 0.1) is 5.92 Å². The van der Waals surface area contributed by atoms with Crippen LogP contribution in [0.15, 0.2) is 102 Å². The van der Waals surface area contributed by atoms with E-state index < -0.39 is 12.3 Å². The van der Waals surface area contributed by atoms with E-state index in [4.69, 9.17) is 9.47 Å². The average molecular weight is 598 g/mol. The Balaban J connectivity index is 1.43. The van der Waals surface area contributed by atoms with Gasteiger partial charge in [-0.05, 0) is 52.1 Å². The predicted molar refractivity (Wildman–Crippen MR) is 166 cm³/mol. The number of hydrogen-bond acceptors (Lipinski definition) is 6. The highest BCUT2D eigenvalue weighted by atomic mass is 32.2. The summed E-state index contributed by atoms with van der Waals surface area (Å²) >= 11 is 1.47. The molecule has 222 valence electrons. The van der Waals surface area contributed by atoms with E-state index in [9.17, 15) is 19.8 Å². The number of ether oxygens (including phenoxy) is 2. The molecule has 0 radical (unpaired) electrons. The number of thioether (sulfide) groups is 1. The van der Waals surface area contributed by atoms with Gasteiger partial charge < -0.3 is 25.0 Å². The molecule has 8 heteroatoms. The molecule has 1 saturated heterocycles. The molecule has 3 N–H and O–H groups in total. The Kier molecular flexibility index (Phi) is 9.94. The van der Waals surface area contributed by atoms with E-state index in [-0.39, 0.29) is 36.2 Å². The molecule has 0 unspecified atom stereocenters. The van der Waals surface area contributed by atoms with Crippen molar-refractivity contribution < 1.29 is 29.3 Å². The first-order chi connectivity index (χ1) is 20.8. The third-order valence-electron chi connectivity index (χ3n) is 7.60. The van der Waals surface area contributed by atoms with Crippen molar-refractivity contribution in [2.24, 2.45) is 5.92 Å². The molecule has 0 saturated carbocycles. The molecule has 43 heavy (non-hydrogen) atoms. The molecule has 1 heterocycles. The lowest BCUT2D eigenvalue weighted by atomic mass is 9.91. The van der Waals surface area contributed by atoms with Crippen molar-refractivity contribution in [2.75, 3.05) is 5.75 Å². The fourth-order valence-electron chi connectivity index (χ4n) is 5.20. The van der Waals surface area contributed by atoms with Gasteiger partial charge in [0.15, 0.2) is 6.29 Å². The Morgan fingerprint density at radius 3 is 2.28 bits per heavy atom. The van der Waals surface area contributed by atoms with Gasteiger partial charge in [0.25, 0.3) is 0 Å². The lowest BCUT2D eigenvalue weighted by Gasteiger charge is -2.41. The molecular formula is C35H35NO6S. The summed E-state index contributed by atoms with van der Waals surface area (Å²) in [4.78, 5) is 23.9. The molecule has 1 aliphatic rings. The standard InChI is InChI=1S/C35H35NO6S/c1-22-31(21-43-32-12-4-3-11-30(32)34(39)40)41-35(42-33(22)26-15-13-24(20-37)14-16-26)29-10-6-9-28(18-29)27-8-5-7-25(17-27)19-36-23(2)38/h3-18,22,31,33,35,37H,19-21H2,1-2H3,(H,36,38)(H,39,40)/t22-,31+,33+,35+/m0/s1. The Labute approximate surface area is 255 Å². The quantitative estimate of drug-likeness (QED) is 0.173. The van der Waals surface area contributed by atoms with Crippen LogP contribution in [0.1, 0.15) is 58.9 Å². The molecule has 7 nitrogen and oxygen atoms in total. The first-order valence-corrected chi connectivity index (χ1v) is 15.2. The van der Waals surface area contributed by atoms with Crippen LogP contribution in [-0.2, 0) is 27.4 Å². The number of carbonyl (C=O) groups is 2. The Hall–Kier alpha value is -3.95. The van der Waals surface area contributed by atoms with Gasteiger partial charge in [0.2, 0.25) is 5.91 Å². The zero-order valence-electron chi connectivity index (χ0n) is 24.1. The van der Waals surface area contributed by atoms with E-state index >= 15 is 0 Å². The fraction of sp³-hybridized carbons (Fsp3) is 0.257. The minimum atomic E-state index is -0.957. The van der Waals surface area contributed by atoms with Crippen LogP contribution in [0.3, 0.4) is 0 Å². The molecule has 0 aliphatic carbocycles. The molecule has 4 atom stereocenters. The lowest BCUT2D eigenvalue weighted by Crippen LogP contribution is -2.38. The fourth-order valence-corrected chi connectivity index (χ4v) is 6.41. The van der Waals surface area contributed by atoms with Crippen molar-refractivity contribution in [3.05, 3.63) is 125 Å². The Morgan fingerprint density at radius 1 is 0.837 bits per heavy atom. The van der Waals surface area contributed by atoms with Crippen LogP contribution in [-0.4, -0.2) is 33.9 Å². The third-order valence-corrected chi connectivity index (χ3v) is 8.77. The number of nitrogens with one attached hydrogen (secondary N) is 1. The van der Waals surface area contributed by atoms with Crippen LogP contribution < -0.4 is 5.32 Å². The molecule has 0 spiro atoms. The summed E-state index contributed by atoms with van der Waals surface area (Å²) in [6.45, 7) is 4.01. The normalized spacial score (nSPS) is 20.0. The number of amides is 1. The van der Waals surface area contributed by atoms with Gasteiger partial charge in [0.1, 0.15) is 0 Å². The van der Waals surface area contributed by atoms with E-state index in [1.165, 1.54) is 18.7 Å². The van der Waals surface area contributed by atoms with Crippen molar-refractivity contribution in [1.82, 2.24) is 5.32 Å². The molecule has 5 rings (SSSR count). The second-order valence-corrected chi connectivity index (χ2v) is 11.7. The highest BCUT2D eigenvalue weighted by Crippen LogP contribution is 2.43. The summed E-state index contributed by atoms with van der Waals surface area (Å²) in [5.74, 6) is -0.523. The summed E-state index contributed by atoms with van der Waals surface area (Å²) in [6, 6.07) is 30.9. The SMILES string of the molecule is CC(=O)NCc1cccc(-c2cccc([C@@H]3O[C@H](CSc4ccccc4C(=O)O)[C@H](C)[C@H](c4ccc(CO)cc4)O3)c2)c1. The highest BCUT2D eigenvalue weighted by Gasteiger charge is 2.38. The smallest absolute Gasteiger partial charge is 0.336 e. The molecule has 1 fully saturated rings. The van der Waals surface area contributed by atoms with Gasteiger partial charge in [-0.15, -0.1) is 11.8 Å². The summed E-state index contributed by atoms with van der Waals surface area (Å²) in [5, 5.41) is 22.1. The molecule has 4 aromatic rings. The number of carbonyl (C=O) groups excluding carboxylic acids is 1. The molecule has 0 aromatic heterocycles. The number of carboxylic acids is 1. The monoisotopic (exact) mass is 597 g/mol. The molecule has 0 bridgehead atoms. The Morgan fingerprint density at radius 2 is 1.56 bits per heavy atom. The number of aliphatic hydroxyl groups is 1. The topological polar surface area (TPSA) is 105 Å². The maximum absolute atomic E-state index is 11.8. The van der Waals surface area contributed by atoms with Gasteiger partial charge in [-0.2, -0.15) is 0 Å². The van der Waals surface area contributed by atoms with Crippen LogP contribution >= 0.6 is 11.8 Å². The second-order valence-electron chi connectivity index (χ2n) is 10.7. The maximum atomic E-state index is 11.8. The van der Waals surface area contributed by atoms with Crippen LogP contribution in [0.25, 0.3) is 11.1 Å². The summed E-state index contributed by atoms with van der Waals surface area (Å²) in [6.07, 6.45) is -1.17. The van der Waals surface area contributed by atoms with E-state index in [2.05, 4.69) is 24.4 Å². The number of carboxylic acid groups (broad SMARTS) is 1. The summed E-state index contributed by atoms with van der Waals surface area (Å²) in [5.41, 5.74) is 5.97. The van der Waals surface area contributed by atoms with Gasteiger partial charge in [0.05, 0.1) is 24.4 Å². The minimum absolute atomic E-state index is 0.0330. The molecular weight excluding hydrogens is 562 g/mol. The number of aromatic carboxylic acids is 1. The van der Waals surface area contributed by atoms with Gasteiger partial charge in [-0.3, -0.25) is 4.79 Å². The van der Waals surface area contributed by atoms with Crippen molar-refractivity contribution in [3.63, 3.8) is 0 Å². The van der Waals surface area contributed by atoms with Gasteiger partial charge in [-0.1, -0.05) is 79.7 Å². The first-order valence-electron chi connectivity index (χ1n) is 14.2. The van der Waals surface area contributed by atoms with Gasteiger partial charge in [0, 0.05) is 35.6 Å². The van der Waals surface area contributed by atoms with Crippen LogP contribution in [0.2, 0.25) is 0 Å². The molecule has 4 aromatic carbocycles.